The molecule has 0 aliphatic heterocycles. The maximum Gasteiger partial charge on any atom is 0.339 e. The van der Waals surface area contributed by atoms with Gasteiger partial charge in [-0.3, -0.25) is 4.98 Å². The van der Waals surface area contributed by atoms with E-state index in [-0.39, 0.29) is 10.5 Å². The number of ether oxygens (including phenoxy) is 1. The Hall–Kier alpha value is -1.77. The quantitative estimate of drug-likeness (QED) is 0.713. The lowest BCUT2D eigenvalue weighted by atomic mass is 10.1. The molecule has 0 unspecified atom stereocenters. The minimum atomic E-state index is -3.76. The lowest BCUT2D eigenvalue weighted by molar-refractivity contribution is 0.0336. The number of nitrogens with zero attached hydrogens (tertiary/aromatic N) is 1. The van der Waals surface area contributed by atoms with Crippen molar-refractivity contribution in [3.05, 3.63) is 58.3 Å². The minimum Gasteiger partial charge on any atom is -0.454 e. The fraction of sp³-hybridized carbons (Fsp3) is 0.333. The highest BCUT2D eigenvalue weighted by Crippen LogP contribution is 2.25. The first-order valence-electron chi connectivity index (χ1n) is 7.94. The third-order valence-corrected chi connectivity index (χ3v) is 5.79. The van der Waals surface area contributed by atoms with Crippen LogP contribution in [0.2, 0.25) is 0 Å². The second-order valence-electron chi connectivity index (χ2n) is 6.83. The van der Waals surface area contributed by atoms with Crippen molar-refractivity contribution < 1.29 is 17.9 Å². The SMILES string of the molecule is C[C@@H](OC(=O)c1cc(S(=O)(=O)NC(C)(C)C)ccc1Br)c1cccnc1. The Morgan fingerprint density at radius 1 is 1.27 bits per heavy atom. The van der Waals surface area contributed by atoms with Crippen molar-refractivity contribution in [2.45, 2.75) is 44.2 Å². The average Bonchev–Trinajstić information content (AvgIpc) is 2.53. The van der Waals surface area contributed by atoms with Crippen molar-refractivity contribution >= 4 is 31.9 Å². The minimum absolute atomic E-state index is 0.00314. The molecule has 140 valence electrons. The Labute approximate surface area is 162 Å². The number of carbonyl (C=O) groups excluding carboxylic acids is 1. The molecular weight excluding hydrogens is 420 g/mol. The maximum absolute atomic E-state index is 12.5. The zero-order chi connectivity index (χ0) is 19.5. The number of hydrogen-bond acceptors (Lipinski definition) is 5. The zero-order valence-corrected chi connectivity index (χ0v) is 17.4. The standard InChI is InChI=1S/C18H21BrN2O4S/c1-12(13-6-5-9-20-11-13)25-17(22)15-10-14(7-8-16(15)19)26(23,24)21-18(2,3)4/h5-12,21H,1-4H3/t12-/m1/s1. The van der Waals surface area contributed by atoms with Crippen LogP contribution in [-0.2, 0) is 14.8 Å². The molecule has 1 N–H and O–H groups in total. The molecule has 1 atom stereocenters. The van der Waals surface area contributed by atoms with Crippen LogP contribution in [0.25, 0.3) is 0 Å². The summed E-state index contributed by atoms with van der Waals surface area (Å²) in [5, 5.41) is 0. The van der Waals surface area contributed by atoms with E-state index >= 15 is 0 Å². The van der Waals surface area contributed by atoms with Crippen LogP contribution in [0.5, 0.6) is 0 Å². The predicted molar refractivity (Wildman–Crippen MR) is 102 cm³/mol. The molecule has 0 amide bonds. The fourth-order valence-electron chi connectivity index (χ4n) is 2.20. The molecule has 1 heterocycles. The highest BCUT2D eigenvalue weighted by atomic mass is 79.9. The zero-order valence-electron chi connectivity index (χ0n) is 15.0. The normalized spacial score (nSPS) is 13.3. The predicted octanol–water partition coefficient (Wildman–Crippen LogP) is 3.84. The lowest BCUT2D eigenvalue weighted by Crippen LogP contribution is -2.40. The molecule has 0 saturated heterocycles. The molecule has 2 aromatic rings. The number of nitrogens with one attached hydrogen (secondary N) is 1. The van der Waals surface area contributed by atoms with Gasteiger partial charge in [0.2, 0.25) is 10.0 Å². The van der Waals surface area contributed by atoms with Crippen LogP contribution in [0.3, 0.4) is 0 Å². The molecule has 0 spiro atoms. The van der Waals surface area contributed by atoms with Crippen molar-refractivity contribution in [2.75, 3.05) is 0 Å². The third-order valence-electron chi connectivity index (χ3n) is 3.35. The van der Waals surface area contributed by atoms with Crippen LogP contribution in [0, 0.1) is 0 Å². The third kappa shape index (κ3) is 5.36. The van der Waals surface area contributed by atoms with E-state index in [9.17, 15) is 13.2 Å². The topological polar surface area (TPSA) is 85.4 Å². The summed E-state index contributed by atoms with van der Waals surface area (Å²) < 4.78 is 33.4. The van der Waals surface area contributed by atoms with E-state index in [0.29, 0.717) is 4.47 Å². The summed E-state index contributed by atoms with van der Waals surface area (Å²) in [5.41, 5.74) is 0.245. The molecule has 0 bridgehead atoms. The molecule has 8 heteroatoms. The number of aromatic nitrogens is 1. The van der Waals surface area contributed by atoms with E-state index in [0.717, 1.165) is 5.56 Å². The molecule has 1 aromatic carbocycles. The smallest absolute Gasteiger partial charge is 0.339 e. The Bertz CT molecular complexity index is 893. The van der Waals surface area contributed by atoms with Gasteiger partial charge in [-0.1, -0.05) is 6.07 Å². The molecule has 0 radical (unpaired) electrons. The maximum atomic E-state index is 12.5. The van der Waals surface area contributed by atoms with E-state index in [1.807, 2.05) is 0 Å². The van der Waals surface area contributed by atoms with Crippen LogP contribution >= 0.6 is 15.9 Å². The van der Waals surface area contributed by atoms with Crippen LogP contribution < -0.4 is 4.72 Å². The molecule has 26 heavy (non-hydrogen) atoms. The first-order chi connectivity index (χ1) is 12.0. The fourth-order valence-corrected chi connectivity index (χ4v) is 4.05. The number of pyridine rings is 1. The second-order valence-corrected chi connectivity index (χ2v) is 9.37. The van der Waals surface area contributed by atoms with E-state index in [4.69, 9.17) is 4.74 Å². The van der Waals surface area contributed by atoms with Gasteiger partial charge in [-0.15, -0.1) is 0 Å². The van der Waals surface area contributed by atoms with Crippen LogP contribution in [0.4, 0.5) is 0 Å². The van der Waals surface area contributed by atoms with Gasteiger partial charge >= 0.3 is 5.97 Å². The summed E-state index contributed by atoms with van der Waals surface area (Å²) in [7, 11) is -3.76. The highest BCUT2D eigenvalue weighted by molar-refractivity contribution is 9.10. The molecule has 0 aliphatic rings. The van der Waals surface area contributed by atoms with Gasteiger partial charge < -0.3 is 4.74 Å². The Kier molecular flexibility index (Phi) is 6.21. The van der Waals surface area contributed by atoms with Gasteiger partial charge in [0, 0.05) is 28.0 Å². The monoisotopic (exact) mass is 440 g/mol. The number of rotatable bonds is 5. The number of halogens is 1. The van der Waals surface area contributed by atoms with Gasteiger partial charge in [-0.25, -0.2) is 17.9 Å². The molecule has 0 fully saturated rings. The Balaban J connectivity index is 2.28. The largest absolute Gasteiger partial charge is 0.454 e. The van der Waals surface area contributed by atoms with Gasteiger partial charge in [0.15, 0.2) is 0 Å². The number of carbonyl (C=O) groups is 1. The molecule has 2 rings (SSSR count). The van der Waals surface area contributed by atoms with E-state index in [1.165, 1.54) is 18.2 Å². The van der Waals surface area contributed by atoms with Crippen LogP contribution in [0.15, 0.2) is 52.1 Å². The number of hydrogen-bond donors (Lipinski definition) is 1. The number of benzene rings is 1. The summed E-state index contributed by atoms with van der Waals surface area (Å²) in [6.45, 7) is 6.96. The summed E-state index contributed by atoms with van der Waals surface area (Å²) in [4.78, 5) is 16.5. The lowest BCUT2D eigenvalue weighted by Gasteiger charge is -2.20. The van der Waals surface area contributed by atoms with E-state index in [2.05, 4.69) is 25.6 Å². The molecular formula is C18H21BrN2O4S. The van der Waals surface area contributed by atoms with E-state index < -0.39 is 27.6 Å². The molecule has 6 nitrogen and oxygen atoms in total. The molecule has 0 saturated carbocycles. The summed E-state index contributed by atoms with van der Waals surface area (Å²) in [5.74, 6) is -0.624. The second kappa shape index (κ2) is 7.85. The summed E-state index contributed by atoms with van der Waals surface area (Å²) in [6, 6.07) is 7.80. The molecule has 0 aliphatic carbocycles. The summed E-state index contributed by atoms with van der Waals surface area (Å²) in [6.07, 6.45) is 2.72. The van der Waals surface area contributed by atoms with Gasteiger partial charge in [0.25, 0.3) is 0 Å². The first-order valence-corrected chi connectivity index (χ1v) is 10.2. The van der Waals surface area contributed by atoms with Crippen molar-refractivity contribution in [1.29, 1.82) is 0 Å². The highest BCUT2D eigenvalue weighted by Gasteiger charge is 2.24. The first kappa shape index (κ1) is 20.5. The van der Waals surface area contributed by atoms with E-state index in [1.54, 1.807) is 52.2 Å². The summed E-state index contributed by atoms with van der Waals surface area (Å²) >= 11 is 3.28. The van der Waals surface area contributed by atoms with Gasteiger partial charge in [0.05, 0.1) is 10.5 Å². The van der Waals surface area contributed by atoms with Gasteiger partial charge in [-0.2, -0.15) is 0 Å². The van der Waals surface area contributed by atoms with Gasteiger partial charge in [0.1, 0.15) is 6.10 Å². The Morgan fingerprint density at radius 2 is 1.96 bits per heavy atom. The number of esters is 1. The van der Waals surface area contributed by atoms with Crippen LogP contribution in [-0.4, -0.2) is 24.9 Å². The van der Waals surface area contributed by atoms with Crippen molar-refractivity contribution in [3.63, 3.8) is 0 Å². The van der Waals surface area contributed by atoms with Crippen molar-refractivity contribution in [3.8, 4) is 0 Å². The molecule has 1 aromatic heterocycles. The van der Waals surface area contributed by atoms with Gasteiger partial charge in [-0.05, 0) is 67.9 Å². The van der Waals surface area contributed by atoms with Crippen molar-refractivity contribution in [1.82, 2.24) is 9.71 Å². The average molecular weight is 441 g/mol. The van der Waals surface area contributed by atoms with Crippen molar-refractivity contribution in [2.24, 2.45) is 0 Å². The Morgan fingerprint density at radius 3 is 2.54 bits per heavy atom. The number of sulfonamides is 1. The van der Waals surface area contributed by atoms with Crippen LogP contribution in [0.1, 0.15) is 49.7 Å².